The van der Waals surface area contributed by atoms with Crippen LogP contribution in [0.4, 0.5) is 4.39 Å². The summed E-state index contributed by atoms with van der Waals surface area (Å²) >= 11 is 0. The average Bonchev–Trinajstić information content (AvgIpc) is 2.77. The molecule has 1 aliphatic heterocycles. The molecule has 0 radical (unpaired) electrons. The topological polar surface area (TPSA) is 76.4 Å². The second-order valence-electron chi connectivity index (χ2n) is 5.02. The molecular formula is C14H16FN3O2. The summed E-state index contributed by atoms with van der Waals surface area (Å²) in [7, 11) is 1.88. The Balaban J connectivity index is 2.06. The number of aliphatic hydroxyl groups is 1. The minimum Gasteiger partial charge on any atom is -0.395 e. The Morgan fingerprint density at radius 1 is 1.60 bits per heavy atom. The predicted octanol–water partition coefficient (Wildman–Crippen LogP) is 0.492. The SMILES string of the molecule is CN1C[C@H](NC(=O)c2cc(F)cc(C#N)c2)C[C@H]1CO. The van der Waals surface area contributed by atoms with Gasteiger partial charge in [-0.15, -0.1) is 0 Å². The van der Waals surface area contributed by atoms with Crippen LogP contribution >= 0.6 is 0 Å². The number of nitriles is 1. The van der Waals surface area contributed by atoms with Crippen molar-refractivity contribution in [3.63, 3.8) is 0 Å². The van der Waals surface area contributed by atoms with E-state index in [-0.39, 0.29) is 29.8 Å². The number of carbonyl (C=O) groups is 1. The van der Waals surface area contributed by atoms with Crippen molar-refractivity contribution in [1.82, 2.24) is 10.2 Å². The number of likely N-dealkylation sites (tertiary alicyclic amines) is 1. The molecule has 0 bridgehead atoms. The van der Waals surface area contributed by atoms with Gasteiger partial charge in [0.2, 0.25) is 0 Å². The van der Waals surface area contributed by atoms with Crippen molar-refractivity contribution in [3.8, 4) is 6.07 Å². The highest BCUT2D eigenvalue weighted by Gasteiger charge is 2.30. The predicted molar refractivity (Wildman–Crippen MR) is 70.5 cm³/mol. The molecule has 0 aliphatic carbocycles. The van der Waals surface area contributed by atoms with Crippen molar-refractivity contribution >= 4 is 5.91 Å². The van der Waals surface area contributed by atoms with E-state index < -0.39 is 11.7 Å². The van der Waals surface area contributed by atoms with E-state index in [0.29, 0.717) is 13.0 Å². The molecule has 0 spiro atoms. The lowest BCUT2D eigenvalue weighted by Crippen LogP contribution is -2.36. The molecule has 1 amide bonds. The third-order valence-electron chi connectivity index (χ3n) is 3.52. The van der Waals surface area contributed by atoms with Crippen molar-refractivity contribution in [3.05, 3.63) is 35.1 Å². The molecule has 1 aromatic carbocycles. The van der Waals surface area contributed by atoms with Crippen LogP contribution in [0.15, 0.2) is 18.2 Å². The zero-order valence-corrected chi connectivity index (χ0v) is 11.1. The number of nitrogens with one attached hydrogen (secondary N) is 1. The summed E-state index contributed by atoms with van der Waals surface area (Å²) in [6, 6.07) is 5.32. The van der Waals surface area contributed by atoms with Gasteiger partial charge in [0.25, 0.3) is 5.91 Å². The molecule has 6 heteroatoms. The fourth-order valence-electron chi connectivity index (χ4n) is 2.45. The molecule has 1 saturated heterocycles. The van der Waals surface area contributed by atoms with Crippen LogP contribution in [0.1, 0.15) is 22.3 Å². The van der Waals surface area contributed by atoms with E-state index in [0.717, 1.165) is 12.1 Å². The van der Waals surface area contributed by atoms with E-state index in [1.165, 1.54) is 6.07 Å². The molecular weight excluding hydrogens is 261 g/mol. The molecule has 0 saturated carbocycles. The van der Waals surface area contributed by atoms with E-state index in [9.17, 15) is 14.3 Å². The van der Waals surface area contributed by atoms with Crippen LogP contribution in [0, 0.1) is 17.1 Å². The molecule has 2 N–H and O–H groups in total. The molecule has 1 aromatic rings. The second kappa shape index (κ2) is 5.99. The third-order valence-corrected chi connectivity index (χ3v) is 3.52. The summed E-state index contributed by atoms with van der Waals surface area (Å²) < 4.78 is 13.3. The first-order valence-corrected chi connectivity index (χ1v) is 6.36. The van der Waals surface area contributed by atoms with Crippen molar-refractivity contribution in [2.24, 2.45) is 0 Å². The minimum atomic E-state index is -0.606. The summed E-state index contributed by atoms with van der Waals surface area (Å²) in [4.78, 5) is 14.0. The number of carbonyl (C=O) groups excluding carboxylic acids is 1. The standard InChI is InChI=1S/C14H16FN3O2/c1-18-7-12(5-13(18)8-19)17-14(20)10-2-9(6-16)3-11(15)4-10/h2-4,12-13,19H,5,7-8H2,1H3,(H,17,20)/t12-,13+/m1/s1. The first kappa shape index (κ1) is 14.4. The molecule has 1 heterocycles. The lowest BCUT2D eigenvalue weighted by Gasteiger charge is -2.15. The average molecular weight is 277 g/mol. The Morgan fingerprint density at radius 3 is 2.95 bits per heavy atom. The molecule has 0 aromatic heterocycles. The molecule has 2 rings (SSSR count). The van der Waals surface area contributed by atoms with Gasteiger partial charge < -0.3 is 10.4 Å². The number of nitrogens with zero attached hydrogens (tertiary/aromatic N) is 2. The highest BCUT2D eigenvalue weighted by Crippen LogP contribution is 2.16. The zero-order chi connectivity index (χ0) is 14.7. The maximum Gasteiger partial charge on any atom is 0.251 e. The Morgan fingerprint density at radius 2 is 2.35 bits per heavy atom. The zero-order valence-electron chi connectivity index (χ0n) is 11.1. The van der Waals surface area contributed by atoms with Gasteiger partial charge in [0.15, 0.2) is 0 Å². The fourth-order valence-corrected chi connectivity index (χ4v) is 2.45. The van der Waals surface area contributed by atoms with Crippen LogP contribution in [0.3, 0.4) is 0 Å². The number of rotatable bonds is 3. The number of benzene rings is 1. The normalized spacial score (nSPS) is 22.5. The summed E-state index contributed by atoms with van der Waals surface area (Å²) in [6.45, 7) is 0.679. The van der Waals surface area contributed by atoms with Gasteiger partial charge in [-0.25, -0.2) is 4.39 Å². The monoisotopic (exact) mass is 277 g/mol. The van der Waals surface area contributed by atoms with Crippen molar-refractivity contribution in [2.75, 3.05) is 20.2 Å². The van der Waals surface area contributed by atoms with Crippen LogP contribution < -0.4 is 5.32 Å². The summed E-state index contributed by atoms with van der Waals surface area (Å²) in [5.74, 6) is -1.01. The molecule has 106 valence electrons. The first-order chi connectivity index (χ1) is 9.53. The van der Waals surface area contributed by atoms with Gasteiger partial charge in [-0.3, -0.25) is 9.69 Å². The van der Waals surface area contributed by atoms with Crippen molar-refractivity contribution in [1.29, 1.82) is 5.26 Å². The van der Waals surface area contributed by atoms with E-state index in [4.69, 9.17) is 5.26 Å². The molecule has 2 atom stereocenters. The number of halogens is 1. The number of hydrogen-bond acceptors (Lipinski definition) is 4. The van der Waals surface area contributed by atoms with Crippen LogP contribution in [-0.4, -0.2) is 48.2 Å². The van der Waals surface area contributed by atoms with Gasteiger partial charge >= 0.3 is 0 Å². The van der Waals surface area contributed by atoms with Gasteiger partial charge in [0.1, 0.15) is 5.82 Å². The molecule has 0 unspecified atom stereocenters. The second-order valence-corrected chi connectivity index (χ2v) is 5.02. The third kappa shape index (κ3) is 3.13. The minimum absolute atomic E-state index is 0.0301. The number of hydrogen-bond donors (Lipinski definition) is 2. The number of amides is 1. The highest BCUT2D eigenvalue weighted by atomic mass is 19.1. The Kier molecular flexibility index (Phi) is 4.32. The fraction of sp³-hybridized carbons (Fsp3) is 0.429. The van der Waals surface area contributed by atoms with Crippen molar-refractivity contribution in [2.45, 2.75) is 18.5 Å². The van der Waals surface area contributed by atoms with Crippen LogP contribution in [0.5, 0.6) is 0 Å². The number of likely N-dealkylation sites (N-methyl/N-ethyl adjacent to an activating group) is 1. The van der Waals surface area contributed by atoms with Crippen LogP contribution in [0.2, 0.25) is 0 Å². The smallest absolute Gasteiger partial charge is 0.251 e. The van der Waals surface area contributed by atoms with Crippen LogP contribution in [-0.2, 0) is 0 Å². The highest BCUT2D eigenvalue weighted by molar-refractivity contribution is 5.94. The first-order valence-electron chi connectivity index (χ1n) is 6.36. The lowest BCUT2D eigenvalue weighted by atomic mass is 10.1. The molecule has 5 nitrogen and oxygen atoms in total. The number of aliphatic hydroxyl groups excluding tert-OH is 1. The van der Waals surface area contributed by atoms with Gasteiger partial charge in [0.05, 0.1) is 18.2 Å². The molecule has 1 aliphatic rings. The maximum atomic E-state index is 13.3. The Labute approximate surface area is 116 Å². The summed E-state index contributed by atoms with van der Waals surface area (Å²) in [5.41, 5.74) is 0.253. The molecule has 1 fully saturated rings. The Hall–Kier alpha value is -1.97. The maximum absolute atomic E-state index is 13.3. The largest absolute Gasteiger partial charge is 0.395 e. The van der Waals surface area contributed by atoms with E-state index in [1.807, 2.05) is 18.0 Å². The van der Waals surface area contributed by atoms with Gasteiger partial charge in [0, 0.05) is 24.2 Å². The van der Waals surface area contributed by atoms with Gasteiger partial charge in [-0.2, -0.15) is 5.26 Å². The van der Waals surface area contributed by atoms with Crippen molar-refractivity contribution < 1.29 is 14.3 Å². The van der Waals surface area contributed by atoms with Gasteiger partial charge in [-0.05, 0) is 31.7 Å². The van der Waals surface area contributed by atoms with Gasteiger partial charge in [-0.1, -0.05) is 0 Å². The quantitative estimate of drug-likeness (QED) is 0.843. The summed E-state index contributed by atoms with van der Waals surface area (Å²) in [5, 5.41) is 20.7. The van der Waals surface area contributed by atoms with E-state index in [1.54, 1.807) is 0 Å². The lowest BCUT2D eigenvalue weighted by molar-refractivity contribution is 0.0937. The Bertz CT molecular complexity index is 556. The molecule has 20 heavy (non-hydrogen) atoms. The van der Waals surface area contributed by atoms with Crippen LogP contribution in [0.25, 0.3) is 0 Å². The van der Waals surface area contributed by atoms with E-state index in [2.05, 4.69) is 5.32 Å². The van der Waals surface area contributed by atoms with E-state index >= 15 is 0 Å². The summed E-state index contributed by atoms with van der Waals surface area (Å²) in [6.07, 6.45) is 0.652.